The topological polar surface area (TPSA) is 98.2 Å². The Morgan fingerprint density at radius 2 is 1.63 bits per heavy atom. The molecule has 3 aromatic rings. The van der Waals surface area contributed by atoms with Crippen LogP contribution in [0.4, 0.5) is 0 Å². The van der Waals surface area contributed by atoms with Crippen LogP contribution in [0, 0.1) is 0 Å². The van der Waals surface area contributed by atoms with Gasteiger partial charge in [0, 0.05) is 25.0 Å². The van der Waals surface area contributed by atoms with E-state index in [9.17, 15) is 14.7 Å². The van der Waals surface area contributed by atoms with Gasteiger partial charge in [-0.2, -0.15) is 0 Å². The van der Waals surface area contributed by atoms with Crippen LogP contribution in [0.25, 0.3) is 5.76 Å². The predicted octanol–water partition coefficient (Wildman–Crippen LogP) is 4.38. The van der Waals surface area contributed by atoms with Gasteiger partial charge >= 0.3 is 0 Å². The molecule has 8 nitrogen and oxygen atoms in total. The van der Waals surface area contributed by atoms with Crippen molar-refractivity contribution in [3.63, 3.8) is 0 Å². The van der Waals surface area contributed by atoms with Crippen LogP contribution >= 0.6 is 11.6 Å². The van der Waals surface area contributed by atoms with Crippen molar-refractivity contribution in [3.8, 4) is 17.2 Å². The minimum Gasteiger partial charge on any atom is -0.507 e. The highest BCUT2D eigenvalue weighted by Gasteiger charge is 2.46. The molecule has 0 bridgehead atoms. The van der Waals surface area contributed by atoms with Crippen LogP contribution in [0.5, 0.6) is 17.2 Å². The van der Waals surface area contributed by atoms with Crippen molar-refractivity contribution in [2.24, 2.45) is 0 Å². The summed E-state index contributed by atoms with van der Waals surface area (Å²) in [4.78, 5) is 31.9. The molecule has 2 aromatic carbocycles. The zero-order valence-electron chi connectivity index (χ0n) is 19.3. The molecule has 1 aromatic heterocycles. The summed E-state index contributed by atoms with van der Waals surface area (Å²) < 4.78 is 15.9. The maximum Gasteiger partial charge on any atom is 0.295 e. The Morgan fingerprint density at radius 1 is 0.971 bits per heavy atom. The van der Waals surface area contributed by atoms with E-state index in [1.54, 1.807) is 55.9 Å². The molecule has 0 radical (unpaired) electrons. The van der Waals surface area contributed by atoms with Crippen LogP contribution in [0.15, 0.2) is 66.5 Å². The summed E-state index contributed by atoms with van der Waals surface area (Å²) in [6, 6.07) is 12.6. The fraction of sp³-hybridized carbons (Fsp3) is 0.192. The van der Waals surface area contributed by atoms with Gasteiger partial charge in [0.1, 0.15) is 23.0 Å². The monoisotopic (exact) mass is 494 g/mol. The number of Topliss-reactive ketones (excluding diaryl/α,β-unsaturated/α-hetero) is 1. The number of benzene rings is 2. The van der Waals surface area contributed by atoms with E-state index >= 15 is 0 Å². The van der Waals surface area contributed by atoms with Gasteiger partial charge in [-0.05, 0) is 41.5 Å². The van der Waals surface area contributed by atoms with E-state index in [4.69, 9.17) is 25.8 Å². The molecule has 35 heavy (non-hydrogen) atoms. The number of aromatic nitrogens is 1. The molecule has 1 unspecified atom stereocenters. The number of carbonyl (C=O) groups is 2. The third-order valence-corrected chi connectivity index (χ3v) is 6.10. The first-order valence-electron chi connectivity index (χ1n) is 10.6. The van der Waals surface area contributed by atoms with Crippen LogP contribution < -0.4 is 14.2 Å². The zero-order valence-corrected chi connectivity index (χ0v) is 20.1. The fourth-order valence-corrected chi connectivity index (χ4v) is 4.28. The average molecular weight is 495 g/mol. The molecule has 0 aliphatic carbocycles. The number of hydrogen-bond acceptors (Lipinski definition) is 7. The van der Waals surface area contributed by atoms with Crippen molar-refractivity contribution in [3.05, 3.63) is 88.2 Å². The van der Waals surface area contributed by atoms with E-state index < -0.39 is 23.5 Å². The molecule has 0 saturated carbocycles. The van der Waals surface area contributed by atoms with Gasteiger partial charge in [-0.1, -0.05) is 23.7 Å². The first-order chi connectivity index (χ1) is 16.9. The van der Waals surface area contributed by atoms with Gasteiger partial charge in [0.15, 0.2) is 0 Å². The Balaban J connectivity index is 1.92. The predicted molar refractivity (Wildman–Crippen MR) is 130 cm³/mol. The number of nitrogens with zero attached hydrogens (tertiary/aromatic N) is 2. The summed E-state index contributed by atoms with van der Waals surface area (Å²) >= 11 is 6.21. The SMILES string of the molecule is COc1ccc(C2/C(=C(\O)c3cc(OC)c(Cl)cc3OC)C(=O)C(=O)N2Cc2ccncc2)cc1. The standard InChI is InChI=1S/C26H23ClN2O6/c1-33-17-6-4-16(5-7-17)23-22(24(30)18-12-21(35-3)19(27)13-20(18)34-2)25(31)26(32)29(23)14-15-8-10-28-11-9-15/h4-13,23,30H,14H2,1-3H3/b24-22+. The van der Waals surface area contributed by atoms with Crippen molar-refractivity contribution in [1.29, 1.82) is 0 Å². The number of rotatable bonds is 7. The number of amides is 1. The molecule has 9 heteroatoms. The molecule has 1 aliphatic rings. The van der Waals surface area contributed by atoms with Crippen molar-refractivity contribution >= 4 is 29.1 Å². The lowest BCUT2D eigenvalue weighted by Gasteiger charge is -2.25. The lowest BCUT2D eigenvalue weighted by Crippen LogP contribution is -2.29. The van der Waals surface area contributed by atoms with Crippen molar-refractivity contribution in [1.82, 2.24) is 9.88 Å². The molecule has 1 fully saturated rings. The largest absolute Gasteiger partial charge is 0.507 e. The maximum absolute atomic E-state index is 13.3. The van der Waals surface area contributed by atoms with Crippen molar-refractivity contribution in [2.75, 3.05) is 21.3 Å². The fourth-order valence-electron chi connectivity index (χ4n) is 4.05. The highest BCUT2D eigenvalue weighted by atomic mass is 35.5. The molecule has 4 rings (SSSR count). The summed E-state index contributed by atoms with van der Waals surface area (Å²) in [5, 5.41) is 11.7. The first-order valence-corrected chi connectivity index (χ1v) is 11.0. The van der Waals surface area contributed by atoms with E-state index in [2.05, 4.69) is 4.98 Å². The third-order valence-electron chi connectivity index (χ3n) is 5.80. The summed E-state index contributed by atoms with van der Waals surface area (Å²) in [6.45, 7) is 0.141. The van der Waals surface area contributed by atoms with Crippen LogP contribution in [-0.4, -0.2) is 48.0 Å². The highest BCUT2D eigenvalue weighted by Crippen LogP contribution is 2.43. The van der Waals surface area contributed by atoms with Gasteiger partial charge in [-0.15, -0.1) is 0 Å². The Hall–Kier alpha value is -4.04. The lowest BCUT2D eigenvalue weighted by molar-refractivity contribution is -0.140. The van der Waals surface area contributed by atoms with Gasteiger partial charge < -0.3 is 24.2 Å². The Kier molecular flexibility index (Phi) is 6.93. The Labute approximate surface area is 207 Å². The van der Waals surface area contributed by atoms with Crippen molar-refractivity contribution in [2.45, 2.75) is 12.6 Å². The van der Waals surface area contributed by atoms with Crippen LogP contribution in [-0.2, 0) is 16.1 Å². The zero-order chi connectivity index (χ0) is 25.1. The number of pyridine rings is 1. The minimum atomic E-state index is -0.861. The van der Waals surface area contributed by atoms with E-state index in [0.717, 1.165) is 5.56 Å². The summed E-state index contributed by atoms with van der Waals surface area (Å²) in [5.41, 5.74) is 1.51. The molecular formula is C26H23ClN2O6. The number of aliphatic hydroxyl groups is 1. The molecule has 0 spiro atoms. The second-order valence-electron chi connectivity index (χ2n) is 7.74. The third kappa shape index (κ3) is 4.52. The average Bonchev–Trinajstić information content (AvgIpc) is 3.13. The quantitative estimate of drug-likeness (QED) is 0.295. The van der Waals surface area contributed by atoms with Crippen molar-refractivity contribution < 1.29 is 28.9 Å². The molecule has 2 heterocycles. The number of ether oxygens (including phenoxy) is 3. The van der Waals surface area contributed by atoms with E-state index in [-0.39, 0.29) is 34.2 Å². The van der Waals surface area contributed by atoms with Crippen LogP contribution in [0.3, 0.4) is 0 Å². The molecule has 1 saturated heterocycles. The summed E-state index contributed by atoms with van der Waals surface area (Å²) in [6.07, 6.45) is 3.22. The van der Waals surface area contributed by atoms with E-state index in [1.807, 2.05) is 0 Å². The normalized spacial score (nSPS) is 16.9. The number of halogens is 1. The van der Waals surface area contributed by atoms with Gasteiger partial charge in [0.2, 0.25) is 0 Å². The van der Waals surface area contributed by atoms with E-state index in [0.29, 0.717) is 11.3 Å². The Bertz CT molecular complexity index is 1290. The van der Waals surface area contributed by atoms with Gasteiger partial charge in [0.05, 0.1) is 43.5 Å². The Morgan fingerprint density at radius 3 is 2.23 bits per heavy atom. The molecule has 1 aliphatic heterocycles. The lowest BCUT2D eigenvalue weighted by atomic mass is 9.94. The summed E-state index contributed by atoms with van der Waals surface area (Å²) in [5.74, 6) is -0.822. The molecule has 180 valence electrons. The maximum atomic E-state index is 13.3. The second kappa shape index (κ2) is 10.1. The van der Waals surface area contributed by atoms with Crippen LogP contribution in [0.2, 0.25) is 5.02 Å². The highest BCUT2D eigenvalue weighted by molar-refractivity contribution is 6.46. The van der Waals surface area contributed by atoms with Crippen LogP contribution in [0.1, 0.15) is 22.7 Å². The second-order valence-corrected chi connectivity index (χ2v) is 8.15. The summed E-state index contributed by atoms with van der Waals surface area (Å²) in [7, 11) is 4.39. The van der Waals surface area contributed by atoms with E-state index in [1.165, 1.54) is 31.3 Å². The molecular weight excluding hydrogens is 472 g/mol. The van der Waals surface area contributed by atoms with Gasteiger partial charge in [-0.3, -0.25) is 14.6 Å². The number of carbonyl (C=O) groups excluding carboxylic acids is 2. The van der Waals surface area contributed by atoms with Gasteiger partial charge in [-0.25, -0.2) is 0 Å². The smallest absolute Gasteiger partial charge is 0.295 e. The number of methoxy groups -OCH3 is 3. The number of hydrogen-bond donors (Lipinski definition) is 1. The first kappa shape index (κ1) is 24.1. The van der Waals surface area contributed by atoms with Gasteiger partial charge in [0.25, 0.3) is 11.7 Å². The number of ketones is 1. The molecule has 1 atom stereocenters. The number of likely N-dealkylation sites (tertiary alicyclic amines) is 1. The molecule has 1 amide bonds. The minimum absolute atomic E-state index is 0.0723. The number of aliphatic hydroxyl groups excluding tert-OH is 1. The molecule has 1 N–H and O–H groups in total.